The molecule has 202 valence electrons. The third-order valence-electron chi connectivity index (χ3n) is 5.85. The highest BCUT2D eigenvalue weighted by molar-refractivity contribution is 5.99. The van der Waals surface area contributed by atoms with Crippen LogP contribution in [0.4, 0.5) is 39.7 Å². The van der Waals surface area contributed by atoms with Crippen molar-refractivity contribution in [2.75, 3.05) is 10.6 Å². The molecular formula is C26H22F4N6O3. The highest BCUT2D eigenvalue weighted by Crippen LogP contribution is 2.32. The second kappa shape index (κ2) is 10.8. The standard InChI is InChI=1S/C26H22F4N6O3/c1-13(33-25(38)39)21(14-4-6-16(7-5-14)26(28,29)30)35-24-19(27)12-18(22(31)37)23(36-24)34-17-8-9-20-15(11-17)3-2-10-32-20/h2-13,21,33H,1H3,(H2,31,37)(H,38,39)(H2,34,35,36)/t13-,21-/m0/s1. The van der Waals surface area contributed by atoms with Gasteiger partial charge in [-0.05, 0) is 55.0 Å². The van der Waals surface area contributed by atoms with Gasteiger partial charge in [0.05, 0.1) is 28.7 Å². The zero-order valence-corrected chi connectivity index (χ0v) is 20.3. The molecule has 2 aromatic heterocycles. The number of pyridine rings is 2. The maximum absolute atomic E-state index is 15.1. The van der Waals surface area contributed by atoms with Crippen molar-refractivity contribution < 1.29 is 32.3 Å². The number of primary amides is 1. The topological polar surface area (TPSA) is 142 Å². The molecule has 6 N–H and O–H groups in total. The Hall–Kier alpha value is -4.94. The summed E-state index contributed by atoms with van der Waals surface area (Å²) in [6.07, 6.45) is -4.34. The summed E-state index contributed by atoms with van der Waals surface area (Å²) in [6, 6.07) is 11.5. The molecule has 0 fully saturated rings. The first-order valence-electron chi connectivity index (χ1n) is 11.5. The summed E-state index contributed by atoms with van der Waals surface area (Å²) in [5, 5.41) is 17.9. The number of halogens is 4. The van der Waals surface area contributed by atoms with Crippen LogP contribution >= 0.6 is 0 Å². The van der Waals surface area contributed by atoms with Crippen LogP contribution in [0.5, 0.6) is 0 Å². The van der Waals surface area contributed by atoms with E-state index >= 15 is 4.39 Å². The first-order valence-corrected chi connectivity index (χ1v) is 11.5. The Kier molecular flexibility index (Phi) is 7.51. The molecule has 0 aliphatic heterocycles. The van der Waals surface area contributed by atoms with Crippen LogP contribution in [0.3, 0.4) is 0 Å². The van der Waals surface area contributed by atoms with Gasteiger partial charge in [-0.15, -0.1) is 0 Å². The first kappa shape index (κ1) is 27.1. The van der Waals surface area contributed by atoms with Gasteiger partial charge in [-0.25, -0.2) is 14.2 Å². The third kappa shape index (κ3) is 6.32. The maximum Gasteiger partial charge on any atom is 0.416 e. The monoisotopic (exact) mass is 542 g/mol. The number of aromatic nitrogens is 2. The van der Waals surface area contributed by atoms with Gasteiger partial charge in [0.15, 0.2) is 11.6 Å². The quantitative estimate of drug-likeness (QED) is 0.187. The summed E-state index contributed by atoms with van der Waals surface area (Å²) in [7, 11) is 0. The molecule has 0 radical (unpaired) electrons. The van der Waals surface area contributed by atoms with Gasteiger partial charge in [0.1, 0.15) is 5.82 Å². The molecule has 0 aliphatic rings. The molecule has 39 heavy (non-hydrogen) atoms. The predicted octanol–water partition coefficient (Wildman–Crippen LogP) is 5.44. The molecule has 9 nitrogen and oxygen atoms in total. The Bertz CT molecular complexity index is 1530. The van der Waals surface area contributed by atoms with E-state index < -0.39 is 47.5 Å². The summed E-state index contributed by atoms with van der Waals surface area (Å²) in [5.74, 6) is -2.44. The highest BCUT2D eigenvalue weighted by Gasteiger charge is 2.31. The van der Waals surface area contributed by atoms with Crippen molar-refractivity contribution in [2.24, 2.45) is 5.73 Å². The van der Waals surface area contributed by atoms with Crippen LogP contribution in [0.25, 0.3) is 10.9 Å². The van der Waals surface area contributed by atoms with Crippen molar-refractivity contribution in [2.45, 2.75) is 25.2 Å². The lowest BCUT2D eigenvalue weighted by Gasteiger charge is -2.27. The number of alkyl halides is 3. The normalized spacial score (nSPS) is 12.9. The number of carbonyl (C=O) groups excluding carboxylic acids is 1. The molecule has 0 unspecified atom stereocenters. The molecule has 0 bridgehead atoms. The van der Waals surface area contributed by atoms with Gasteiger partial charge in [0, 0.05) is 17.3 Å². The molecule has 2 aromatic carbocycles. The molecule has 2 heterocycles. The van der Waals surface area contributed by atoms with E-state index in [1.54, 1.807) is 30.5 Å². The van der Waals surface area contributed by atoms with E-state index in [1.165, 1.54) is 6.92 Å². The number of fused-ring (bicyclic) bond motifs is 1. The SMILES string of the molecule is C[C@H](NC(=O)O)[C@H](Nc1nc(Nc2ccc3ncccc3c2)c(C(N)=O)cc1F)c1ccc(C(F)(F)F)cc1. The summed E-state index contributed by atoms with van der Waals surface area (Å²) in [4.78, 5) is 31.7. The van der Waals surface area contributed by atoms with Gasteiger partial charge in [-0.2, -0.15) is 13.2 Å². The molecule has 0 saturated carbocycles. The van der Waals surface area contributed by atoms with E-state index in [4.69, 9.17) is 5.73 Å². The minimum absolute atomic E-state index is 0.0975. The number of hydrogen-bond acceptors (Lipinski definition) is 6. The zero-order chi connectivity index (χ0) is 28.3. The third-order valence-corrected chi connectivity index (χ3v) is 5.85. The van der Waals surface area contributed by atoms with Crippen LogP contribution < -0.4 is 21.7 Å². The summed E-state index contributed by atoms with van der Waals surface area (Å²) in [6.45, 7) is 1.45. The summed E-state index contributed by atoms with van der Waals surface area (Å²) < 4.78 is 54.3. The first-order chi connectivity index (χ1) is 18.4. The van der Waals surface area contributed by atoms with E-state index in [1.807, 2.05) is 6.07 Å². The van der Waals surface area contributed by atoms with Crippen LogP contribution in [0.15, 0.2) is 66.9 Å². The number of nitrogens with two attached hydrogens (primary N) is 1. The average molecular weight is 542 g/mol. The molecule has 0 spiro atoms. The molecule has 4 rings (SSSR count). The second-order valence-electron chi connectivity index (χ2n) is 8.60. The second-order valence-corrected chi connectivity index (χ2v) is 8.60. The summed E-state index contributed by atoms with van der Waals surface area (Å²) >= 11 is 0. The van der Waals surface area contributed by atoms with Gasteiger partial charge in [0.2, 0.25) is 0 Å². The fourth-order valence-corrected chi connectivity index (χ4v) is 3.97. The molecule has 2 amide bonds. The number of rotatable bonds is 8. The Morgan fingerprint density at radius 1 is 1.03 bits per heavy atom. The van der Waals surface area contributed by atoms with Gasteiger partial charge < -0.3 is 26.8 Å². The number of hydrogen-bond donors (Lipinski definition) is 5. The number of anilines is 3. The van der Waals surface area contributed by atoms with E-state index in [2.05, 4.69) is 25.9 Å². The van der Waals surface area contributed by atoms with Crippen molar-refractivity contribution in [3.63, 3.8) is 0 Å². The highest BCUT2D eigenvalue weighted by atomic mass is 19.4. The van der Waals surface area contributed by atoms with Crippen molar-refractivity contribution in [1.82, 2.24) is 15.3 Å². The van der Waals surface area contributed by atoms with Crippen LogP contribution in [0.1, 0.15) is 34.5 Å². The number of nitrogens with zero attached hydrogens (tertiary/aromatic N) is 2. The molecular weight excluding hydrogens is 520 g/mol. The van der Waals surface area contributed by atoms with Gasteiger partial charge in [-0.1, -0.05) is 18.2 Å². The van der Waals surface area contributed by atoms with Crippen molar-refractivity contribution in [3.8, 4) is 0 Å². The Morgan fingerprint density at radius 3 is 2.38 bits per heavy atom. The number of amides is 2. The maximum atomic E-state index is 15.1. The van der Waals surface area contributed by atoms with Crippen molar-refractivity contribution >= 4 is 40.2 Å². The Morgan fingerprint density at radius 2 is 1.74 bits per heavy atom. The molecule has 0 aliphatic carbocycles. The van der Waals surface area contributed by atoms with Gasteiger partial charge >= 0.3 is 12.3 Å². The number of benzene rings is 2. The van der Waals surface area contributed by atoms with Crippen LogP contribution in [0, 0.1) is 5.82 Å². The number of nitrogens with one attached hydrogen (secondary N) is 3. The smallest absolute Gasteiger partial charge is 0.416 e. The van der Waals surface area contributed by atoms with E-state index in [0.29, 0.717) is 11.2 Å². The van der Waals surface area contributed by atoms with Gasteiger partial charge in [0.25, 0.3) is 5.91 Å². The summed E-state index contributed by atoms with van der Waals surface area (Å²) in [5.41, 5.74) is 5.70. The predicted molar refractivity (Wildman–Crippen MR) is 136 cm³/mol. The van der Waals surface area contributed by atoms with Gasteiger partial charge in [-0.3, -0.25) is 9.78 Å². The Labute approximate surface area is 219 Å². The van der Waals surface area contributed by atoms with Crippen LogP contribution in [0.2, 0.25) is 0 Å². The molecule has 2 atom stereocenters. The number of carbonyl (C=O) groups is 2. The lowest BCUT2D eigenvalue weighted by atomic mass is 9.98. The molecule has 0 saturated heterocycles. The zero-order valence-electron chi connectivity index (χ0n) is 20.3. The number of carboxylic acid groups (broad SMARTS) is 1. The van der Waals surface area contributed by atoms with E-state index in [9.17, 15) is 27.9 Å². The molecule has 13 heteroatoms. The van der Waals surface area contributed by atoms with Crippen molar-refractivity contribution in [3.05, 3.63) is 89.4 Å². The average Bonchev–Trinajstić information content (AvgIpc) is 2.87. The Balaban J connectivity index is 1.72. The molecule has 4 aromatic rings. The minimum atomic E-state index is -4.58. The lowest BCUT2D eigenvalue weighted by Crippen LogP contribution is -2.39. The lowest BCUT2D eigenvalue weighted by molar-refractivity contribution is -0.137. The van der Waals surface area contributed by atoms with Crippen LogP contribution in [-0.4, -0.2) is 33.1 Å². The van der Waals surface area contributed by atoms with E-state index in [-0.39, 0.29) is 16.9 Å². The van der Waals surface area contributed by atoms with E-state index in [0.717, 1.165) is 35.7 Å². The van der Waals surface area contributed by atoms with Crippen molar-refractivity contribution in [1.29, 1.82) is 0 Å². The largest absolute Gasteiger partial charge is 0.465 e. The van der Waals surface area contributed by atoms with Crippen LogP contribution in [-0.2, 0) is 6.18 Å². The fourth-order valence-electron chi connectivity index (χ4n) is 3.97. The minimum Gasteiger partial charge on any atom is -0.465 e. The fraction of sp³-hybridized carbons (Fsp3) is 0.154.